The highest BCUT2D eigenvalue weighted by molar-refractivity contribution is 5.88. The second-order valence-corrected chi connectivity index (χ2v) is 2.95. The Morgan fingerprint density at radius 2 is 1.80 bits per heavy atom. The van der Waals surface area contributed by atoms with Crippen molar-refractivity contribution >= 4 is 5.78 Å². The van der Waals surface area contributed by atoms with Gasteiger partial charge in [0, 0.05) is 5.92 Å². The van der Waals surface area contributed by atoms with Crippen molar-refractivity contribution in [3.8, 4) is 0 Å². The van der Waals surface area contributed by atoms with Crippen molar-refractivity contribution in [1.82, 2.24) is 0 Å². The molecule has 0 aromatic heterocycles. The molecule has 0 unspecified atom stereocenters. The Bertz CT molecular complexity index is 197. The molecule has 2 bridgehead atoms. The zero-order valence-electron chi connectivity index (χ0n) is 5.79. The zero-order valence-corrected chi connectivity index (χ0v) is 5.79. The summed E-state index contributed by atoms with van der Waals surface area (Å²) in [6, 6.07) is 0. The van der Waals surface area contributed by atoms with E-state index in [0.29, 0.717) is 11.7 Å². The van der Waals surface area contributed by atoms with E-state index in [2.05, 4.69) is 12.2 Å². The Labute approximate surface area is 60.4 Å². The van der Waals surface area contributed by atoms with Crippen LogP contribution in [0.4, 0.5) is 0 Å². The third kappa shape index (κ3) is 0.737. The van der Waals surface area contributed by atoms with E-state index in [0.717, 1.165) is 12.8 Å². The van der Waals surface area contributed by atoms with E-state index in [1.165, 1.54) is 0 Å². The maximum absolute atomic E-state index is 11.3. The van der Waals surface area contributed by atoms with Crippen LogP contribution in [0.25, 0.3) is 0 Å². The van der Waals surface area contributed by atoms with E-state index < -0.39 is 0 Å². The van der Waals surface area contributed by atoms with Gasteiger partial charge < -0.3 is 0 Å². The van der Waals surface area contributed by atoms with Crippen LogP contribution < -0.4 is 0 Å². The molecule has 0 atom stereocenters. The van der Waals surface area contributed by atoms with Gasteiger partial charge >= 0.3 is 0 Å². The molecule has 10 heavy (non-hydrogen) atoms. The first-order valence-electron chi connectivity index (χ1n) is 3.75. The molecule has 0 amide bonds. The van der Waals surface area contributed by atoms with E-state index in [1.807, 2.05) is 12.2 Å². The van der Waals surface area contributed by atoms with Crippen LogP contribution in [-0.4, -0.2) is 5.78 Å². The quantitative estimate of drug-likeness (QED) is 0.461. The molecule has 0 aromatic rings. The van der Waals surface area contributed by atoms with Crippen LogP contribution in [0.1, 0.15) is 12.8 Å². The van der Waals surface area contributed by atoms with E-state index in [4.69, 9.17) is 0 Å². The Hall–Kier alpha value is -0.850. The van der Waals surface area contributed by atoms with Crippen LogP contribution in [0, 0.1) is 11.8 Å². The lowest BCUT2D eigenvalue weighted by molar-refractivity contribution is -0.124. The minimum absolute atomic E-state index is 0.118. The minimum atomic E-state index is 0.118. The predicted octanol–water partition coefficient (Wildman–Crippen LogP) is 1.71. The number of rotatable bonds is 0. The van der Waals surface area contributed by atoms with Gasteiger partial charge in [0.25, 0.3) is 0 Å². The third-order valence-corrected chi connectivity index (χ3v) is 2.26. The predicted molar refractivity (Wildman–Crippen MR) is 39.5 cm³/mol. The van der Waals surface area contributed by atoms with Gasteiger partial charge in [-0.3, -0.25) is 4.79 Å². The first-order chi connectivity index (χ1) is 4.88. The topological polar surface area (TPSA) is 17.1 Å². The standard InChI is InChI=1S/C9H10O/c10-9-7-3-1-4-8(9)6-2-5-7/h1-3,5,7-8H,4,6H2. The molecule has 1 nitrogen and oxygen atoms in total. The molecular weight excluding hydrogens is 124 g/mol. The van der Waals surface area contributed by atoms with Gasteiger partial charge in [-0.1, -0.05) is 24.3 Å². The summed E-state index contributed by atoms with van der Waals surface area (Å²) in [7, 11) is 0. The maximum atomic E-state index is 11.3. The van der Waals surface area contributed by atoms with E-state index in [-0.39, 0.29) is 5.92 Å². The number of hydrogen-bond acceptors (Lipinski definition) is 1. The fraction of sp³-hybridized carbons (Fsp3) is 0.444. The second-order valence-electron chi connectivity index (χ2n) is 2.95. The van der Waals surface area contributed by atoms with Gasteiger partial charge in [-0.15, -0.1) is 0 Å². The van der Waals surface area contributed by atoms with Gasteiger partial charge in [0.1, 0.15) is 5.78 Å². The van der Waals surface area contributed by atoms with E-state index in [1.54, 1.807) is 0 Å². The molecule has 52 valence electrons. The van der Waals surface area contributed by atoms with Gasteiger partial charge in [0.15, 0.2) is 0 Å². The van der Waals surface area contributed by atoms with Crippen LogP contribution in [0.3, 0.4) is 0 Å². The molecule has 0 saturated carbocycles. The molecule has 0 aliphatic heterocycles. The fourth-order valence-electron chi connectivity index (χ4n) is 1.63. The molecule has 0 radical (unpaired) electrons. The molecule has 2 aliphatic carbocycles. The summed E-state index contributed by atoms with van der Waals surface area (Å²) >= 11 is 0. The summed E-state index contributed by atoms with van der Waals surface area (Å²) in [5, 5.41) is 0. The molecule has 0 aromatic carbocycles. The summed E-state index contributed by atoms with van der Waals surface area (Å²) in [4.78, 5) is 11.3. The maximum Gasteiger partial charge on any atom is 0.147 e. The van der Waals surface area contributed by atoms with Gasteiger partial charge in [-0.25, -0.2) is 0 Å². The lowest BCUT2D eigenvalue weighted by atomic mass is 9.79. The lowest BCUT2D eigenvalue weighted by Gasteiger charge is -2.23. The van der Waals surface area contributed by atoms with Crippen molar-refractivity contribution in [2.24, 2.45) is 11.8 Å². The Morgan fingerprint density at radius 1 is 1.20 bits per heavy atom. The number of hydrogen-bond donors (Lipinski definition) is 0. The molecule has 1 heteroatoms. The van der Waals surface area contributed by atoms with Crippen LogP contribution >= 0.6 is 0 Å². The number of fused-ring (bicyclic) bond motifs is 2. The third-order valence-electron chi connectivity index (χ3n) is 2.26. The zero-order chi connectivity index (χ0) is 6.97. The highest BCUT2D eigenvalue weighted by Gasteiger charge is 2.27. The number of carbonyl (C=O) groups is 1. The minimum Gasteiger partial charge on any atom is -0.298 e. The molecule has 2 aliphatic rings. The van der Waals surface area contributed by atoms with E-state index in [9.17, 15) is 4.79 Å². The van der Waals surface area contributed by atoms with Crippen molar-refractivity contribution in [3.05, 3.63) is 24.3 Å². The Balaban J connectivity index is 2.36. The van der Waals surface area contributed by atoms with Crippen LogP contribution in [0.5, 0.6) is 0 Å². The first kappa shape index (κ1) is 5.90. The van der Waals surface area contributed by atoms with Crippen molar-refractivity contribution in [3.63, 3.8) is 0 Å². The molecule has 0 N–H and O–H groups in total. The summed E-state index contributed by atoms with van der Waals surface area (Å²) in [5.41, 5.74) is 0. The average molecular weight is 134 g/mol. The molecule has 0 spiro atoms. The Morgan fingerprint density at radius 3 is 2.20 bits per heavy atom. The molecule has 2 rings (SSSR count). The van der Waals surface area contributed by atoms with Crippen LogP contribution in [0.15, 0.2) is 24.3 Å². The molecule has 0 heterocycles. The van der Waals surface area contributed by atoms with Gasteiger partial charge in [0.2, 0.25) is 0 Å². The SMILES string of the molecule is O=C1C2C=CCC1CC=C2. The summed E-state index contributed by atoms with van der Waals surface area (Å²) in [6.07, 6.45) is 10.2. The van der Waals surface area contributed by atoms with Gasteiger partial charge in [-0.05, 0) is 12.8 Å². The summed E-state index contributed by atoms with van der Waals surface area (Å²) in [5.74, 6) is 0.845. The fourth-order valence-corrected chi connectivity index (χ4v) is 1.63. The number of Topliss-reactive ketones (excluding diaryl/α,β-unsaturated/α-hetero) is 1. The van der Waals surface area contributed by atoms with Crippen molar-refractivity contribution in [1.29, 1.82) is 0 Å². The van der Waals surface area contributed by atoms with Crippen molar-refractivity contribution in [2.45, 2.75) is 12.8 Å². The number of carbonyl (C=O) groups excluding carboxylic acids is 1. The summed E-state index contributed by atoms with van der Waals surface area (Å²) in [6.45, 7) is 0. The van der Waals surface area contributed by atoms with Gasteiger partial charge in [-0.2, -0.15) is 0 Å². The summed E-state index contributed by atoms with van der Waals surface area (Å²) < 4.78 is 0. The highest BCUT2D eigenvalue weighted by Crippen LogP contribution is 2.27. The first-order valence-corrected chi connectivity index (χ1v) is 3.75. The molecule has 0 fully saturated rings. The monoisotopic (exact) mass is 134 g/mol. The highest BCUT2D eigenvalue weighted by atomic mass is 16.1. The van der Waals surface area contributed by atoms with Crippen LogP contribution in [0.2, 0.25) is 0 Å². The van der Waals surface area contributed by atoms with Gasteiger partial charge in [0.05, 0.1) is 5.92 Å². The Kier molecular flexibility index (Phi) is 1.23. The largest absolute Gasteiger partial charge is 0.298 e. The number of allylic oxidation sites excluding steroid dienone is 4. The van der Waals surface area contributed by atoms with E-state index >= 15 is 0 Å². The molecular formula is C9H10O. The van der Waals surface area contributed by atoms with Crippen LogP contribution in [-0.2, 0) is 4.79 Å². The number of ketones is 1. The van der Waals surface area contributed by atoms with Crippen molar-refractivity contribution < 1.29 is 4.79 Å². The second kappa shape index (κ2) is 2.08. The molecule has 0 saturated heterocycles. The lowest BCUT2D eigenvalue weighted by Crippen LogP contribution is -2.26. The van der Waals surface area contributed by atoms with Crippen molar-refractivity contribution in [2.75, 3.05) is 0 Å². The average Bonchev–Trinajstić information content (AvgIpc) is 1.86. The smallest absolute Gasteiger partial charge is 0.147 e. The normalized spacial score (nSPS) is 36.6.